The van der Waals surface area contributed by atoms with Crippen molar-refractivity contribution >= 4 is 0 Å². The third-order valence-corrected chi connectivity index (χ3v) is 4.00. The van der Waals surface area contributed by atoms with E-state index in [2.05, 4.69) is 50.8 Å². The standard InChI is InChI=1S/C16H30N2O/c1-8-10-17(11-9-2)14-12-15(3,4)18(19-7)16(5,6)13-14/h8-9,14H,1-2,10-13H2,3-7H3. The molecule has 0 amide bonds. The van der Waals surface area contributed by atoms with Crippen molar-refractivity contribution in [2.45, 2.75) is 57.7 Å². The molecular weight excluding hydrogens is 236 g/mol. The number of nitrogens with zero attached hydrogens (tertiary/aromatic N) is 2. The maximum atomic E-state index is 5.64. The van der Waals surface area contributed by atoms with Gasteiger partial charge in [-0.25, -0.2) is 0 Å². The summed E-state index contributed by atoms with van der Waals surface area (Å²) in [5.41, 5.74) is 0.0590. The molecule has 0 bridgehead atoms. The average molecular weight is 266 g/mol. The summed E-state index contributed by atoms with van der Waals surface area (Å²) in [6.07, 6.45) is 6.14. The maximum absolute atomic E-state index is 5.64. The molecule has 0 aromatic carbocycles. The van der Waals surface area contributed by atoms with Gasteiger partial charge in [0.25, 0.3) is 0 Å². The molecule has 0 spiro atoms. The lowest BCUT2D eigenvalue weighted by Gasteiger charge is -2.55. The van der Waals surface area contributed by atoms with E-state index >= 15 is 0 Å². The van der Waals surface area contributed by atoms with Crippen LogP contribution in [0.4, 0.5) is 0 Å². The molecule has 1 heterocycles. The molecule has 1 fully saturated rings. The van der Waals surface area contributed by atoms with Gasteiger partial charge >= 0.3 is 0 Å². The van der Waals surface area contributed by atoms with E-state index in [1.165, 1.54) is 0 Å². The molecular formula is C16H30N2O. The van der Waals surface area contributed by atoms with Gasteiger partial charge in [0.15, 0.2) is 0 Å². The zero-order valence-electron chi connectivity index (χ0n) is 13.3. The van der Waals surface area contributed by atoms with Gasteiger partial charge in [-0.3, -0.25) is 4.90 Å². The second kappa shape index (κ2) is 6.21. The molecule has 3 heteroatoms. The van der Waals surface area contributed by atoms with Crippen LogP contribution < -0.4 is 0 Å². The molecule has 0 aromatic heterocycles. The first-order valence-corrected chi connectivity index (χ1v) is 7.09. The molecule has 19 heavy (non-hydrogen) atoms. The molecule has 0 N–H and O–H groups in total. The molecule has 0 aromatic rings. The second-order valence-corrected chi connectivity index (χ2v) is 6.70. The van der Waals surface area contributed by atoms with Gasteiger partial charge in [0.2, 0.25) is 0 Å². The highest BCUT2D eigenvalue weighted by molar-refractivity contribution is 5.01. The fraction of sp³-hybridized carbons (Fsp3) is 0.750. The molecule has 0 unspecified atom stereocenters. The van der Waals surface area contributed by atoms with E-state index in [4.69, 9.17) is 4.84 Å². The number of piperidine rings is 1. The van der Waals surface area contributed by atoms with E-state index in [0.29, 0.717) is 6.04 Å². The van der Waals surface area contributed by atoms with Gasteiger partial charge in [0.05, 0.1) is 7.11 Å². The number of hydrogen-bond acceptors (Lipinski definition) is 3. The Balaban J connectivity index is 2.93. The molecule has 0 saturated carbocycles. The number of hydrogen-bond donors (Lipinski definition) is 0. The molecule has 3 nitrogen and oxygen atoms in total. The fourth-order valence-corrected chi connectivity index (χ4v) is 3.67. The highest BCUT2D eigenvalue weighted by Crippen LogP contribution is 2.40. The molecule has 1 aliphatic rings. The van der Waals surface area contributed by atoms with Crippen molar-refractivity contribution in [1.82, 2.24) is 9.96 Å². The molecule has 1 aliphatic heterocycles. The van der Waals surface area contributed by atoms with E-state index in [1.807, 2.05) is 12.2 Å². The monoisotopic (exact) mass is 266 g/mol. The predicted octanol–water partition coefficient (Wildman–Crippen LogP) is 3.24. The summed E-state index contributed by atoms with van der Waals surface area (Å²) < 4.78 is 0. The van der Waals surface area contributed by atoms with Crippen molar-refractivity contribution in [1.29, 1.82) is 0 Å². The number of hydroxylamine groups is 2. The summed E-state index contributed by atoms with van der Waals surface area (Å²) in [5, 5.41) is 2.15. The summed E-state index contributed by atoms with van der Waals surface area (Å²) in [5.74, 6) is 0. The molecule has 0 atom stereocenters. The van der Waals surface area contributed by atoms with E-state index in [1.54, 1.807) is 7.11 Å². The summed E-state index contributed by atoms with van der Waals surface area (Å²) in [6, 6.07) is 0.535. The topological polar surface area (TPSA) is 15.7 Å². The normalized spacial score (nSPS) is 23.5. The zero-order valence-corrected chi connectivity index (χ0v) is 13.3. The molecule has 1 saturated heterocycles. The second-order valence-electron chi connectivity index (χ2n) is 6.70. The highest BCUT2D eigenvalue weighted by atomic mass is 16.7. The van der Waals surface area contributed by atoms with Gasteiger partial charge in [0.1, 0.15) is 0 Å². The van der Waals surface area contributed by atoms with Crippen molar-refractivity contribution in [2.24, 2.45) is 0 Å². The van der Waals surface area contributed by atoms with Gasteiger partial charge in [-0.2, -0.15) is 5.06 Å². The largest absolute Gasteiger partial charge is 0.301 e. The molecule has 110 valence electrons. The first-order valence-electron chi connectivity index (χ1n) is 7.09. The van der Waals surface area contributed by atoms with Crippen LogP contribution in [0.2, 0.25) is 0 Å². The smallest absolute Gasteiger partial charge is 0.0575 e. The Kier molecular flexibility index (Phi) is 5.36. The van der Waals surface area contributed by atoms with Gasteiger partial charge in [-0.15, -0.1) is 13.2 Å². The van der Waals surface area contributed by atoms with Gasteiger partial charge in [0, 0.05) is 30.2 Å². The van der Waals surface area contributed by atoms with Gasteiger partial charge < -0.3 is 4.84 Å². The Bertz CT molecular complexity index is 295. The Morgan fingerprint density at radius 1 is 1.11 bits per heavy atom. The fourth-order valence-electron chi connectivity index (χ4n) is 3.67. The molecule has 0 radical (unpaired) electrons. The first-order chi connectivity index (χ1) is 8.78. The quantitative estimate of drug-likeness (QED) is 0.686. The van der Waals surface area contributed by atoms with Crippen molar-refractivity contribution in [3.63, 3.8) is 0 Å². The Morgan fingerprint density at radius 3 is 1.84 bits per heavy atom. The van der Waals surface area contributed by atoms with E-state index in [0.717, 1.165) is 25.9 Å². The van der Waals surface area contributed by atoms with Crippen LogP contribution in [0.5, 0.6) is 0 Å². The van der Waals surface area contributed by atoms with E-state index in [9.17, 15) is 0 Å². The highest BCUT2D eigenvalue weighted by Gasteiger charge is 2.47. The van der Waals surface area contributed by atoms with Crippen LogP contribution in [0.15, 0.2) is 25.3 Å². The summed E-state index contributed by atoms with van der Waals surface area (Å²) in [6.45, 7) is 18.6. The lowest BCUT2D eigenvalue weighted by Crippen LogP contribution is -2.63. The minimum atomic E-state index is 0.0295. The minimum Gasteiger partial charge on any atom is -0.301 e. The van der Waals surface area contributed by atoms with Crippen LogP contribution in [0, 0.1) is 0 Å². The van der Waals surface area contributed by atoms with Gasteiger partial charge in [-0.05, 0) is 40.5 Å². The third-order valence-electron chi connectivity index (χ3n) is 4.00. The number of rotatable bonds is 6. The third kappa shape index (κ3) is 3.68. The van der Waals surface area contributed by atoms with Crippen LogP contribution in [0.3, 0.4) is 0 Å². The SMILES string of the molecule is C=CCN(CC=C)C1CC(C)(C)N(OC)C(C)(C)C1. The minimum absolute atomic E-state index is 0.0295. The lowest BCUT2D eigenvalue weighted by atomic mass is 9.78. The van der Waals surface area contributed by atoms with Crippen molar-refractivity contribution in [2.75, 3.05) is 20.2 Å². The Labute approximate surface area is 118 Å². The van der Waals surface area contributed by atoms with Gasteiger partial charge in [-0.1, -0.05) is 12.2 Å². The molecule has 0 aliphatic carbocycles. The van der Waals surface area contributed by atoms with E-state index < -0.39 is 0 Å². The lowest BCUT2D eigenvalue weighted by molar-refractivity contribution is -0.272. The van der Waals surface area contributed by atoms with Crippen LogP contribution in [0.1, 0.15) is 40.5 Å². The summed E-state index contributed by atoms with van der Waals surface area (Å²) in [4.78, 5) is 8.10. The Hall–Kier alpha value is -0.640. The van der Waals surface area contributed by atoms with Crippen molar-refractivity contribution in [3.8, 4) is 0 Å². The van der Waals surface area contributed by atoms with Crippen LogP contribution in [-0.2, 0) is 4.84 Å². The Morgan fingerprint density at radius 2 is 1.53 bits per heavy atom. The van der Waals surface area contributed by atoms with Crippen LogP contribution in [-0.4, -0.2) is 47.3 Å². The summed E-state index contributed by atoms with van der Waals surface area (Å²) >= 11 is 0. The van der Waals surface area contributed by atoms with E-state index in [-0.39, 0.29) is 11.1 Å². The van der Waals surface area contributed by atoms with Crippen molar-refractivity contribution in [3.05, 3.63) is 25.3 Å². The van der Waals surface area contributed by atoms with Crippen LogP contribution in [0.25, 0.3) is 0 Å². The zero-order chi connectivity index (χ0) is 14.7. The maximum Gasteiger partial charge on any atom is 0.0575 e. The summed E-state index contributed by atoms with van der Waals surface area (Å²) in [7, 11) is 1.77. The predicted molar refractivity (Wildman–Crippen MR) is 82.0 cm³/mol. The van der Waals surface area contributed by atoms with Crippen molar-refractivity contribution < 1.29 is 4.84 Å². The first kappa shape index (κ1) is 16.4. The molecule has 1 rings (SSSR count). The average Bonchev–Trinajstić information content (AvgIpc) is 2.26. The van der Waals surface area contributed by atoms with Crippen LogP contribution >= 0.6 is 0 Å².